The summed E-state index contributed by atoms with van der Waals surface area (Å²) in [5, 5.41) is 3.45. The number of hydrogen-bond donors (Lipinski definition) is 1. The average Bonchev–Trinajstić information content (AvgIpc) is 1.83. The van der Waals surface area contributed by atoms with Gasteiger partial charge in [0.25, 0.3) is 0 Å². The number of hydrogen-bond acceptors (Lipinski definition) is 2. The monoisotopic (exact) mass is 172 g/mol. The first kappa shape index (κ1) is 11.9. The molecule has 0 atom stereocenters. The zero-order valence-corrected chi connectivity index (χ0v) is 9.28. The van der Waals surface area contributed by atoms with E-state index >= 15 is 0 Å². The molecule has 12 heavy (non-hydrogen) atoms. The van der Waals surface area contributed by atoms with Crippen molar-refractivity contribution in [1.82, 2.24) is 10.2 Å². The molecule has 0 aromatic carbocycles. The van der Waals surface area contributed by atoms with E-state index in [0.29, 0.717) is 5.41 Å². The smallest absolute Gasteiger partial charge is 0.0000116 e. The summed E-state index contributed by atoms with van der Waals surface area (Å²) in [6, 6.07) is 0. The standard InChI is InChI=1S/C10H24N2/c1-10(2,3)9-11-7-6-8-12(4)5/h11H,6-9H2,1-5H3. The molecule has 2 heteroatoms. The molecule has 0 spiro atoms. The molecule has 0 aromatic heterocycles. The molecule has 0 aliphatic carbocycles. The summed E-state index contributed by atoms with van der Waals surface area (Å²) in [6.07, 6.45) is 1.24. The van der Waals surface area contributed by atoms with Gasteiger partial charge in [-0.1, -0.05) is 20.8 Å². The molecule has 1 N–H and O–H groups in total. The molecule has 0 heterocycles. The normalized spacial score (nSPS) is 12.5. The van der Waals surface area contributed by atoms with Crippen molar-refractivity contribution in [2.45, 2.75) is 27.2 Å². The fourth-order valence-electron chi connectivity index (χ4n) is 0.984. The maximum absolute atomic E-state index is 3.45. The molecule has 0 bridgehead atoms. The van der Waals surface area contributed by atoms with Crippen LogP contribution in [-0.2, 0) is 0 Å². The molecule has 0 saturated carbocycles. The van der Waals surface area contributed by atoms with Crippen molar-refractivity contribution in [3.05, 3.63) is 0 Å². The second-order valence-corrected chi connectivity index (χ2v) is 4.89. The molecule has 0 amide bonds. The minimum absolute atomic E-state index is 0.415. The van der Waals surface area contributed by atoms with Crippen LogP contribution in [0.1, 0.15) is 27.2 Å². The van der Waals surface area contributed by atoms with Crippen molar-refractivity contribution in [2.24, 2.45) is 5.41 Å². The number of rotatable bonds is 5. The summed E-state index contributed by atoms with van der Waals surface area (Å²) in [5.41, 5.74) is 0.415. The zero-order chi connectivity index (χ0) is 9.61. The Labute approximate surface area is 77.3 Å². The van der Waals surface area contributed by atoms with Gasteiger partial charge >= 0.3 is 0 Å². The van der Waals surface area contributed by atoms with Crippen LogP contribution < -0.4 is 5.32 Å². The molecule has 0 aromatic rings. The molecule has 0 fully saturated rings. The molecular formula is C10H24N2. The van der Waals surface area contributed by atoms with Crippen LogP contribution in [0.4, 0.5) is 0 Å². The minimum atomic E-state index is 0.415. The highest BCUT2D eigenvalue weighted by Crippen LogP contribution is 2.09. The fraction of sp³-hybridized carbons (Fsp3) is 1.00. The van der Waals surface area contributed by atoms with Crippen LogP contribution in [0.5, 0.6) is 0 Å². The first-order valence-corrected chi connectivity index (χ1v) is 4.77. The third-order valence-corrected chi connectivity index (χ3v) is 1.61. The highest BCUT2D eigenvalue weighted by atomic mass is 15.1. The Hall–Kier alpha value is -0.0800. The quantitative estimate of drug-likeness (QED) is 0.633. The minimum Gasteiger partial charge on any atom is -0.316 e. The van der Waals surface area contributed by atoms with Gasteiger partial charge in [-0.3, -0.25) is 0 Å². The zero-order valence-electron chi connectivity index (χ0n) is 9.28. The van der Waals surface area contributed by atoms with Crippen LogP contribution in [0, 0.1) is 5.41 Å². The molecule has 0 aliphatic rings. The third-order valence-electron chi connectivity index (χ3n) is 1.61. The first-order chi connectivity index (χ1) is 5.42. The van der Waals surface area contributed by atoms with Crippen molar-refractivity contribution in [3.8, 4) is 0 Å². The van der Waals surface area contributed by atoms with Crippen molar-refractivity contribution in [1.29, 1.82) is 0 Å². The van der Waals surface area contributed by atoms with Gasteiger partial charge in [0.2, 0.25) is 0 Å². The summed E-state index contributed by atoms with van der Waals surface area (Å²) in [4.78, 5) is 2.22. The van der Waals surface area contributed by atoms with Gasteiger partial charge in [0, 0.05) is 0 Å². The Balaban J connectivity index is 3.12. The van der Waals surface area contributed by atoms with Crippen LogP contribution in [0.15, 0.2) is 0 Å². The Kier molecular flexibility index (Phi) is 5.51. The summed E-state index contributed by atoms with van der Waals surface area (Å²) in [6.45, 7) is 10.2. The third kappa shape index (κ3) is 9.92. The first-order valence-electron chi connectivity index (χ1n) is 4.77. The van der Waals surface area contributed by atoms with Gasteiger partial charge in [-0.05, 0) is 45.6 Å². The van der Waals surface area contributed by atoms with Crippen LogP contribution in [0.25, 0.3) is 0 Å². The molecule has 0 radical (unpaired) electrons. The van der Waals surface area contributed by atoms with Gasteiger partial charge in [0.15, 0.2) is 0 Å². The van der Waals surface area contributed by atoms with Gasteiger partial charge in [-0.2, -0.15) is 0 Å². The average molecular weight is 172 g/mol. The maximum atomic E-state index is 3.45. The van der Waals surface area contributed by atoms with Crippen molar-refractivity contribution >= 4 is 0 Å². The highest BCUT2D eigenvalue weighted by Gasteiger charge is 2.07. The predicted octanol–water partition coefficient (Wildman–Crippen LogP) is 1.57. The van der Waals surface area contributed by atoms with Crippen LogP contribution in [-0.4, -0.2) is 38.6 Å². The lowest BCUT2D eigenvalue weighted by Crippen LogP contribution is -2.29. The van der Waals surface area contributed by atoms with E-state index in [0.717, 1.165) is 13.1 Å². The van der Waals surface area contributed by atoms with Gasteiger partial charge in [-0.25, -0.2) is 0 Å². The van der Waals surface area contributed by atoms with Crippen LogP contribution in [0.3, 0.4) is 0 Å². The number of nitrogens with zero attached hydrogens (tertiary/aromatic N) is 1. The topological polar surface area (TPSA) is 15.3 Å². The van der Waals surface area contributed by atoms with Crippen LogP contribution in [0.2, 0.25) is 0 Å². The van der Waals surface area contributed by atoms with E-state index in [1.165, 1.54) is 13.0 Å². The number of nitrogens with one attached hydrogen (secondary N) is 1. The Morgan fingerprint density at radius 3 is 2.17 bits per heavy atom. The summed E-state index contributed by atoms with van der Waals surface area (Å²) in [5.74, 6) is 0. The Morgan fingerprint density at radius 1 is 1.17 bits per heavy atom. The molecular weight excluding hydrogens is 148 g/mol. The van der Waals surface area contributed by atoms with E-state index in [-0.39, 0.29) is 0 Å². The summed E-state index contributed by atoms with van der Waals surface area (Å²) < 4.78 is 0. The Bertz CT molecular complexity index is 103. The van der Waals surface area contributed by atoms with Crippen molar-refractivity contribution < 1.29 is 0 Å². The van der Waals surface area contributed by atoms with Crippen LogP contribution >= 0.6 is 0 Å². The second kappa shape index (κ2) is 5.55. The van der Waals surface area contributed by atoms with Gasteiger partial charge in [0.1, 0.15) is 0 Å². The van der Waals surface area contributed by atoms with Crippen molar-refractivity contribution in [2.75, 3.05) is 33.7 Å². The largest absolute Gasteiger partial charge is 0.316 e. The SMILES string of the molecule is CN(C)CCCNCC(C)(C)C. The van der Waals surface area contributed by atoms with E-state index < -0.39 is 0 Å². The van der Waals surface area contributed by atoms with E-state index in [4.69, 9.17) is 0 Å². The lowest BCUT2D eigenvalue weighted by molar-refractivity contribution is 0.358. The molecule has 2 nitrogen and oxygen atoms in total. The van der Waals surface area contributed by atoms with Gasteiger partial charge < -0.3 is 10.2 Å². The Morgan fingerprint density at radius 2 is 1.75 bits per heavy atom. The van der Waals surface area contributed by atoms with E-state index in [1.807, 2.05) is 0 Å². The van der Waals surface area contributed by atoms with Gasteiger partial charge in [-0.15, -0.1) is 0 Å². The summed E-state index contributed by atoms with van der Waals surface area (Å²) >= 11 is 0. The summed E-state index contributed by atoms with van der Waals surface area (Å²) in [7, 11) is 4.23. The van der Waals surface area contributed by atoms with E-state index in [9.17, 15) is 0 Å². The molecule has 0 unspecified atom stereocenters. The lowest BCUT2D eigenvalue weighted by atomic mass is 9.97. The van der Waals surface area contributed by atoms with Crippen molar-refractivity contribution in [3.63, 3.8) is 0 Å². The molecule has 0 aliphatic heterocycles. The second-order valence-electron chi connectivity index (χ2n) is 4.89. The molecule has 74 valence electrons. The van der Waals surface area contributed by atoms with E-state index in [2.05, 4.69) is 45.1 Å². The highest BCUT2D eigenvalue weighted by molar-refractivity contribution is 4.64. The molecule has 0 rings (SSSR count). The maximum Gasteiger partial charge on any atom is -0.0000116 e. The predicted molar refractivity (Wildman–Crippen MR) is 55.5 cm³/mol. The fourth-order valence-corrected chi connectivity index (χ4v) is 0.984. The lowest BCUT2D eigenvalue weighted by Gasteiger charge is -2.19. The van der Waals surface area contributed by atoms with Gasteiger partial charge in [0.05, 0.1) is 0 Å². The molecule has 0 saturated heterocycles. The van der Waals surface area contributed by atoms with E-state index in [1.54, 1.807) is 0 Å².